The van der Waals surface area contributed by atoms with Crippen LogP contribution in [0.1, 0.15) is 31.1 Å². The number of hydrogen-bond acceptors (Lipinski definition) is 2. The molecule has 0 radical (unpaired) electrons. The Labute approximate surface area is 126 Å². The molecule has 0 bridgehead atoms. The maximum absolute atomic E-state index is 5.91. The van der Waals surface area contributed by atoms with Gasteiger partial charge in [-0.1, -0.05) is 12.1 Å². The van der Waals surface area contributed by atoms with Gasteiger partial charge in [-0.2, -0.15) is 5.10 Å². The first-order valence-corrected chi connectivity index (χ1v) is 7.44. The average molecular weight is 344 g/mol. The average Bonchev–Trinajstić information content (AvgIpc) is 2.86. The van der Waals surface area contributed by atoms with E-state index in [1.54, 1.807) is 0 Å². The summed E-state index contributed by atoms with van der Waals surface area (Å²) in [5.41, 5.74) is 1.88. The van der Waals surface area contributed by atoms with Crippen LogP contribution in [-0.4, -0.2) is 9.78 Å². The van der Waals surface area contributed by atoms with Gasteiger partial charge in [-0.05, 0) is 41.9 Å². The Kier molecular flexibility index (Phi) is 4.88. The molecule has 0 N–H and O–H groups in total. The Morgan fingerprint density at radius 1 is 1.37 bits per heavy atom. The van der Waals surface area contributed by atoms with Crippen LogP contribution in [0.25, 0.3) is 0 Å². The molecule has 3 nitrogen and oxygen atoms in total. The fourth-order valence-corrected chi connectivity index (χ4v) is 2.44. The molecule has 2 rings (SSSR count). The molecule has 5 heteroatoms. The molecular formula is C14H16BrClN2O. The number of aromatic nitrogens is 2. The zero-order chi connectivity index (χ0) is 13.8. The number of rotatable bonds is 5. The fourth-order valence-electron chi connectivity index (χ4n) is 1.71. The smallest absolute Gasteiger partial charge is 0.138 e. The van der Waals surface area contributed by atoms with Gasteiger partial charge in [-0.3, -0.25) is 4.68 Å². The van der Waals surface area contributed by atoms with E-state index in [4.69, 9.17) is 16.3 Å². The summed E-state index contributed by atoms with van der Waals surface area (Å²) < 4.78 is 8.66. The van der Waals surface area contributed by atoms with E-state index in [1.807, 2.05) is 35.1 Å². The molecule has 0 saturated heterocycles. The summed E-state index contributed by atoms with van der Waals surface area (Å²) in [6.45, 7) is 4.63. The second-order valence-corrected chi connectivity index (χ2v) is 5.65. The molecule has 0 saturated carbocycles. The first kappa shape index (κ1) is 14.4. The van der Waals surface area contributed by atoms with Gasteiger partial charge in [0.25, 0.3) is 0 Å². The number of para-hydroxylation sites is 1. The van der Waals surface area contributed by atoms with E-state index < -0.39 is 0 Å². The number of benzene rings is 1. The molecule has 0 aliphatic heterocycles. The highest BCUT2D eigenvalue weighted by Gasteiger charge is 2.09. The fraction of sp³-hybridized carbons (Fsp3) is 0.357. The zero-order valence-corrected chi connectivity index (χ0v) is 13.3. The summed E-state index contributed by atoms with van der Waals surface area (Å²) in [7, 11) is 0. The van der Waals surface area contributed by atoms with Gasteiger partial charge in [0.1, 0.15) is 12.4 Å². The minimum Gasteiger partial charge on any atom is -0.486 e. The predicted molar refractivity (Wildman–Crippen MR) is 80.6 cm³/mol. The molecule has 1 aromatic heterocycles. The van der Waals surface area contributed by atoms with Gasteiger partial charge >= 0.3 is 0 Å². The summed E-state index contributed by atoms with van der Waals surface area (Å²) in [6, 6.07) is 8.17. The molecule has 19 heavy (non-hydrogen) atoms. The zero-order valence-electron chi connectivity index (χ0n) is 10.9. The molecular weight excluding hydrogens is 328 g/mol. The van der Waals surface area contributed by atoms with Crippen molar-refractivity contribution in [1.82, 2.24) is 9.78 Å². The highest BCUT2D eigenvalue weighted by atomic mass is 79.9. The molecule has 2 aromatic rings. The van der Waals surface area contributed by atoms with E-state index in [1.165, 1.54) is 0 Å². The quantitative estimate of drug-likeness (QED) is 0.745. The molecule has 0 atom stereocenters. The van der Waals surface area contributed by atoms with Crippen LogP contribution in [0.3, 0.4) is 0 Å². The van der Waals surface area contributed by atoms with Crippen LogP contribution in [0.2, 0.25) is 0 Å². The molecule has 0 spiro atoms. The van der Waals surface area contributed by atoms with Crippen LogP contribution < -0.4 is 4.74 Å². The first-order chi connectivity index (χ1) is 9.11. The summed E-state index contributed by atoms with van der Waals surface area (Å²) in [4.78, 5) is 0. The van der Waals surface area contributed by atoms with Crippen molar-refractivity contribution in [2.75, 3.05) is 0 Å². The second kappa shape index (κ2) is 6.44. The van der Waals surface area contributed by atoms with E-state index in [-0.39, 0.29) is 0 Å². The summed E-state index contributed by atoms with van der Waals surface area (Å²) >= 11 is 9.39. The Morgan fingerprint density at radius 2 is 2.16 bits per heavy atom. The van der Waals surface area contributed by atoms with E-state index >= 15 is 0 Å². The van der Waals surface area contributed by atoms with Gasteiger partial charge in [0.2, 0.25) is 0 Å². The number of halogens is 2. The highest BCUT2D eigenvalue weighted by molar-refractivity contribution is 9.10. The molecule has 0 amide bonds. The van der Waals surface area contributed by atoms with Crippen molar-refractivity contribution in [3.05, 3.63) is 46.2 Å². The third-order valence-electron chi connectivity index (χ3n) is 2.75. The molecule has 0 aliphatic carbocycles. The summed E-state index contributed by atoms with van der Waals surface area (Å²) in [5.74, 6) is 1.21. The Bertz CT molecular complexity index is 554. The van der Waals surface area contributed by atoms with Crippen LogP contribution in [0, 0.1) is 0 Å². The Morgan fingerprint density at radius 3 is 2.79 bits per heavy atom. The third kappa shape index (κ3) is 3.51. The van der Waals surface area contributed by atoms with Gasteiger partial charge in [0.15, 0.2) is 0 Å². The highest BCUT2D eigenvalue weighted by Crippen LogP contribution is 2.30. The van der Waals surface area contributed by atoms with Gasteiger partial charge in [0, 0.05) is 17.8 Å². The maximum atomic E-state index is 5.91. The van der Waals surface area contributed by atoms with Crippen molar-refractivity contribution in [1.29, 1.82) is 0 Å². The first-order valence-electron chi connectivity index (χ1n) is 6.12. The largest absolute Gasteiger partial charge is 0.486 e. The Balaban J connectivity index is 2.09. The Hall–Kier alpha value is -1.00. The van der Waals surface area contributed by atoms with E-state index in [2.05, 4.69) is 34.9 Å². The van der Waals surface area contributed by atoms with Crippen molar-refractivity contribution in [3.63, 3.8) is 0 Å². The minimum absolute atomic E-state index is 0.357. The topological polar surface area (TPSA) is 27.1 Å². The number of ether oxygens (including phenoxy) is 1. The molecule has 1 aromatic carbocycles. The van der Waals surface area contributed by atoms with Crippen LogP contribution >= 0.6 is 27.5 Å². The van der Waals surface area contributed by atoms with Gasteiger partial charge in [-0.25, -0.2) is 0 Å². The molecule has 0 unspecified atom stereocenters. The van der Waals surface area contributed by atoms with Gasteiger partial charge in [0.05, 0.1) is 16.0 Å². The lowest BCUT2D eigenvalue weighted by molar-refractivity contribution is 0.294. The normalized spacial score (nSPS) is 11.0. The van der Waals surface area contributed by atoms with Crippen molar-refractivity contribution in [3.8, 4) is 5.75 Å². The van der Waals surface area contributed by atoms with E-state index in [9.17, 15) is 0 Å². The lowest BCUT2D eigenvalue weighted by Gasteiger charge is -2.11. The monoisotopic (exact) mass is 342 g/mol. The number of hydrogen-bond donors (Lipinski definition) is 0. The molecule has 102 valence electrons. The molecule has 0 aliphatic rings. The van der Waals surface area contributed by atoms with Gasteiger partial charge in [-0.15, -0.1) is 11.6 Å². The van der Waals surface area contributed by atoms with Crippen molar-refractivity contribution >= 4 is 27.5 Å². The van der Waals surface area contributed by atoms with Crippen LogP contribution in [0.4, 0.5) is 0 Å². The molecule has 1 heterocycles. The van der Waals surface area contributed by atoms with E-state index in [0.717, 1.165) is 21.5 Å². The second-order valence-electron chi connectivity index (χ2n) is 4.53. The van der Waals surface area contributed by atoms with Crippen molar-refractivity contribution < 1.29 is 4.74 Å². The third-order valence-corrected chi connectivity index (χ3v) is 3.66. The van der Waals surface area contributed by atoms with Crippen molar-refractivity contribution in [2.24, 2.45) is 0 Å². The predicted octanol–water partition coefficient (Wildman–Crippen LogP) is 4.54. The SMILES string of the molecule is CC(C)n1ccc(COc2c(Br)cccc2CCl)n1. The van der Waals surface area contributed by atoms with Crippen LogP contribution in [0.5, 0.6) is 5.75 Å². The minimum atomic E-state index is 0.357. The lowest BCUT2D eigenvalue weighted by atomic mass is 10.2. The van der Waals surface area contributed by atoms with Crippen LogP contribution in [-0.2, 0) is 12.5 Å². The van der Waals surface area contributed by atoms with Crippen molar-refractivity contribution in [2.45, 2.75) is 32.4 Å². The lowest BCUT2D eigenvalue weighted by Crippen LogP contribution is -2.04. The maximum Gasteiger partial charge on any atom is 0.138 e. The van der Waals surface area contributed by atoms with Gasteiger partial charge < -0.3 is 4.74 Å². The number of alkyl halides is 1. The molecule has 0 fully saturated rings. The standard InChI is InChI=1S/C14H16BrClN2O/c1-10(2)18-7-6-12(17-18)9-19-14-11(8-16)4-3-5-13(14)15/h3-7,10H,8-9H2,1-2H3. The van der Waals surface area contributed by atoms with Crippen LogP contribution in [0.15, 0.2) is 34.9 Å². The number of nitrogens with zero attached hydrogens (tertiary/aromatic N) is 2. The summed E-state index contributed by atoms with van der Waals surface area (Å²) in [5, 5.41) is 4.45. The summed E-state index contributed by atoms with van der Waals surface area (Å²) in [6.07, 6.45) is 1.96. The van der Waals surface area contributed by atoms with E-state index in [0.29, 0.717) is 18.5 Å².